The molecule has 186 valence electrons. The van der Waals surface area contributed by atoms with E-state index in [4.69, 9.17) is 13.7 Å². The zero-order valence-corrected chi connectivity index (χ0v) is 21.9. The van der Waals surface area contributed by atoms with Crippen LogP contribution in [0.15, 0.2) is 46.2 Å². The third kappa shape index (κ3) is 5.65. The Balaban J connectivity index is 1.27. The summed E-state index contributed by atoms with van der Waals surface area (Å²) < 4.78 is 19.0. The van der Waals surface area contributed by atoms with Gasteiger partial charge in [0.15, 0.2) is 4.96 Å². The number of nitrogens with zero attached hydrogens (tertiary/aromatic N) is 3. The molecule has 8 nitrogen and oxygen atoms in total. The van der Waals surface area contributed by atoms with Crippen molar-refractivity contribution in [2.24, 2.45) is 0 Å². The molecule has 2 saturated heterocycles. The quantitative estimate of drug-likeness (QED) is 0.451. The lowest BCUT2D eigenvalue weighted by Crippen LogP contribution is -2.54. The minimum atomic E-state index is -0.522. The largest absolute Gasteiger partial charge is 0.444 e. The summed E-state index contributed by atoms with van der Waals surface area (Å²) in [6.07, 6.45) is 3.06. The first-order valence-electron chi connectivity index (χ1n) is 11.7. The fraction of sp³-hybridized carbons (Fsp3) is 0.480. The fourth-order valence-electron chi connectivity index (χ4n) is 4.44. The standard InChI is InChI=1S/C25H29N3O5S2/c1-15-5-7-19(8-6-15)35-33-21-11-22(29)28-14-20(34-23(28)26-21)16-9-17-12-27(13-18(10-16)31-17)24(30)32-25(2,3)4/h5-8,11,14,16-18H,9-10,12-13H2,1-4H3/t16?,17-,18+. The molecule has 1 aromatic carbocycles. The van der Waals surface area contributed by atoms with Crippen LogP contribution in [0.3, 0.4) is 0 Å². The summed E-state index contributed by atoms with van der Waals surface area (Å²) in [5, 5.41) is 0. The Morgan fingerprint density at radius 2 is 1.86 bits per heavy atom. The Hall–Kier alpha value is -2.56. The lowest BCUT2D eigenvalue weighted by Gasteiger charge is -2.44. The van der Waals surface area contributed by atoms with Gasteiger partial charge in [0, 0.05) is 16.0 Å². The van der Waals surface area contributed by atoms with Gasteiger partial charge in [0.1, 0.15) is 5.60 Å². The van der Waals surface area contributed by atoms with Gasteiger partial charge < -0.3 is 18.6 Å². The van der Waals surface area contributed by atoms with Gasteiger partial charge in [0.2, 0.25) is 5.88 Å². The van der Waals surface area contributed by atoms with E-state index >= 15 is 0 Å². The van der Waals surface area contributed by atoms with Gasteiger partial charge in [-0.15, -0.1) is 11.3 Å². The molecule has 0 saturated carbocycles. The Morgan fingerprint density at radius 1 is 1.17 bits per heavy atom. The van der Waals surface area contributed by atoms with E-state index < -0.39 is 5.60 Å². The summed E-state index contributed by atoms with van der Waals surface area (Å²) in [4.78, 5) is 34.2. The van der Waals surface area contributed by atoms with Gasteiger partial charge in [-0.05, 0) is 58.6 Å². The molecule has 2 fully saturated rings. The van der Waals surface area contributed by atoms with Crippen molar-refractivity contribution in [2.75, 3.05) is 13.1 Å². The highest BCUT2D eigenvalue weighted by molar-refractivity contribution is 7.95. The number of hydrogen-bond acceptors (Lipinski definition) is 8. The zero-order chi connectivity index (χ0) is 24.7. The molecule has 5 rings (SSSR count). The van der Waals surface area contributed by atoms with Crippen LogP contribution >= 0.6 is 23.4 Å². The first-order valence-corrected chi connectivity index (χ1v) is 13.3. The summed E-state index contributed by atoms with van der Waals surface area (Å²) >= 11 is 2.70. The number of ether oxygens (including phenoxy) is 2. The molecule has 2 aromatic heterocycles. The molecule has 3 atom stereocenters. The maximum Gasteiger partial charge on any atom is 0.410 e. The molecule has 2 aliphatic heterocycles. The molecule has 2 aliphatic rings. The second-order valence-corrected chi connectivity index (χ2v) is 12.0. The second kappa shape index (κ2) is 9.48. The highest BCUT2D eigenvalue weighted by atomic mass is 32.2. The van der Waals surface area contributed by atoms with Crippen LogP contribution in [0.2, 0.25) is 0 Å². The SMILES string of the molecule is Cc1ccc(SOc2cc(=O)n3cc(C4C[C@@H]5CN(C(=O)OC(C)(C)C)C[C@H](C4)O5)sc3n2)cc1. The number of thiazole rings is 1. The predicted molar refractivity (Wildman–Crippen MR) is 135 cm³/mol. The molecule has 1 unspecified atom stereocenters. The third-order valence-corrected chi connectivity index (χ3v) is 7.85. The van der Waals surface area contributed by atoms with Crippen LogP contribution in [-0.2, 0) is 9.47 Å². The molecule has 1 amide bonds. The van der Waals surface area contributed by atoms with Gasteiger partial charge in [-0.25, -0.2) is 4.79 Å². The highest BCUT2D eigenvalue weighted by Gasteiger charge is 2.40. The lowest BCUT2D eigenvalue weighted by molar-refractivity contribution is -0.118. The topological polar surface area (TPSA) is 82.4 Å². The van der Waals surface area contributed by atoms with E-state index in [1.54, 1.807) is 9.30 Å². The Morgan fingerprint density at radius 3 is 2.51 bits per heavy atom. The van der Waals surface area contributed by atoms with Gasteiger partial charge >= 0.3 is 6.09 Å². The van der Waals surface area contributed by atoms with E-state index in [0.29, 0.717) is 23.9 Å². The van der Waals surface area contributed by atoms with Crippen molar-refractivity contribution in [3.63, 3.8) is 0 Å². The van der Waals surface area contributed by atoms with Crippen molar-refractivity contribution in [1.82, 2.24) is 14.3 Å². The van der Waals surface area contributed by atoms with Crippen LogP contribution < -0.4 is 9.74 Å². The van der Waals surface area contributed by atoms with Gasteiger partial charge in [-0.3, -0.25) is 9.20 Å². The molecule has 35 heavy (non-hydrogen) atoms. The van der Waals surface area contributed by atoms with Gasteiger partial charge in [0.25, 0.3) is 5.56 Å². The first-order chi connectivity index (χ1) is 16.6. The van der Waals surface area contributed by atoms with Crippen molar-refractivity contribution in [2.45, 2.75) is 69.2 Å². The molecule has 3 aromatic rings. The van der Waals surface area contributed by atoms with Crippen molar-refractivity contribution >= 4 is 34.4 Å². The fourth-order valence-corrected chi connectivity index (χ4v) is 6.06. The second-order valence-electron chi connectivity index (χ2n) is 10.1. The zero-order valence-electron chi connectivity index (χ0n) is 20.2. The maximum atomic E-state index is 12.7. The summed E-state index contributed by atoms with van der Waals surface area (Å²) in [7, 11) is 0. The molecule has 10 heteroatoms. The number of amides is 1. The summed E-state index contributed by atoms with van der Waals surface area (Å²) in [6.45, 7) is 8.67. The molecular formula is C25H29N3O5S2. The van der Waals surface area contributed by atoms with Gasteiger partial charge in [-0.1, -0.05) is 17.7 Å². The Labute approximate surface area is 212 Å². The molecule has 0 spiro atoms. The number of aryl methyl sites for hydroxylation is 1. The number of aromatic nitrogens is 2. The molecule has 4 heterocycles. The number of hydrogen-bond donors (Lipinski definition) is 0. The number of morpholine rings is 1. The number of fused-ring (bicyclic) bond motifs is 3. The predicted octanol–water partition coefficient (Wildman–Crippen LogP) is 5.03. The van der Waals surface area contributed by atoms with E-state index in [2.05, 4.69) is 4.98 Å². The average molecular weight is 516 g/mol. The lowest BCUT2D eigenvalue weighted by atomic mass is 9.88. The third-order valence-electron chi connectivity index (χ3n) is 5.99. The van der Waals surface area contributed by atoms with Crippen LogP contribution in [0.1, 0.15) is 50.0 Å². The highest BCUT2D eigenvalue weighted by Crippen LogP contribution is 2.39. The molecule has 2 bridgehead atoms. The molecule has 0 aliphatic carbocycles. The smallest absolute Gasteiger partial charge is 0.410 e. The van der Waals surface area contributed by atoms with Gasteiger partial charge in [0.05, 0.1) is 43.4 Å². The minimum Gasteiger partial charge on any atom is -0.444 e. The van der Waals surface area contributed by atoms with Crippen molar-refractivity contribution in [3.05, 3.63) is 57.3 Å². The molecule has 0 radical (unpaired) electrons. The summed E-state index contributed by atoms with van der Waals surface area (Å²) in [6, 6.07) is 9.39. The van der Waals surface area contributed by atoms with Crippen LogP contribution in [0, 0.1) is 6.92 Å². The Bertz CT molecular complexity index is 1270. The minimum absolute atomic E-state index is 0.0558. The van der Waals surface area contributed by atoms with E-state index in [1.165, 1.54) is 35.0 Å². The number of carbonyl (C=O) groups is 1. The number of likely N-dealkylation sites (tertiary alicyclic amines) is 1. The van der Waals surface area contributed by atoms with E-state index in [0.717, 1.165) is 22.6 Å². The van der Waals surface area contributed by atoms with E-state index in [9.17, 15) is 9.59 Å². The average Bonchev–Trinajstić information content (AvgIpc) is 3.22. The normalized spacial score (nSPS) is 22.3. The number of benzene rings is 1. The Kier molecular flexibility index (Phi) is 6.54. The van der Waals surface area contributed by atoms with Crippen LogP contribution in [0.25, 0.3) is 4.96 Å². The van der Waals surface area contributed by atoms with Crippen molar-refractivity contribution in [1.29, 1.82) is 0 Å². The number of rotatable bonds is 4. The van der Waals surface area contributed by atoms with Gasteiger partial charge in [-0.2, -0.15) is 4.98 Å². The monoisotopic (exact) mass is 515 g/mol. The maximum absolute atomic E-state index is 12.7. The number of carbonyl (C=O) groups excluding carboxylic acids is 1. The summed E-state index contributed by atoms with van der Waals surface area (Å²) in [5.74, 6) is 0.544. The van der Waals surface area contributed by atoms with Crippen molar-refractivity contribution in [3.8, 4) is 5.88 Å². The van der Waals surface area contributed by atoms with Crippen LogP contribution in [-0.4, -0.2) is 51.3 Å². The summed E-state index contributed by atoms with van der Waals surface area (Å²) in [5.41, 5.74) is 0.486. The van der Waals surface area contributed by atoms with E-state index in [-0.39, 0.29) is 29.8 Å². The van der Waals surface area contributed by atoms with Crippen molar-refractivity contribution < 1.29 is 18.5 Å². The molecule has 0 N–H and O–H groups in total. The van der Waals surface area contributed by atoms with Crippen LogP contribution in [0.5, 0.6) is 5.88 Å². The molecular weight excluding hydrogens is 486 g/mol. The first kappa shape index (κ1) is 24.1. The van der Waals surface area contributed by atoms with Crippen LogP contribution in [0.4, 0.5) is 4.79 Å². The van der Waals surface area contributed by atoms with E-state index in [1.807, 2.05) is 58.2 Å².